The van der Waals surface area contributed by atoms with Gasteiger partial charge in [-0.2, -0.15) is 4.98 Å². The van der Waals surface area contributed by atoms with Crippen molar-refractivity contribution in [3.63, 3.8) is 0 Å². The lowest BCUT2D eigenvalue weighted by Gasteiger charge is -2.28. The molecule has 1 aromatic carbocycles. The Morgan fingerprint density at radius 1 is 1.29 bits per heavy atom. The topological polar surface area (TPSA) is 92.9 Å². The van der Waals surface area contributed by atoms with E-state index in [1.807, 2.05) is 6.07 Å². The van der Waals surface area contributed by atoms with E-state index in [2.05, 4.69) is 32.6 Å². The smallest absolute Gasteiger partial charge is 0.224 e. The van der Waals surface area contributed by atoms with Crippen molar-refractivity contribution in [1.82, 2.24) is 9.97 Å². The minimum atomic E-state index is -0.223. The van der Waals surface area contributed by atoms with Crippen LogP contribution in [0.5, 0.6) is 0 Å². The summed E-state index contributed by atoms with van der Waals surface area (Å²) in [6, 6.07) is 5.14. The number of nitrogens with two attached hydrogens (primary N) is 1. The molecule has 7 heteroatoms. The van der Waals surface area contributed by atoms with Crippen LogP contribution in [0.1, 0.15) is 48.8 Å². The van der Waals surface area contributed by atoms with Gasteiger partial charge >= 0.3 is 0 Å². The summed E-state index contributed by atoms with van der Waals surface area (Å²) >= 11 is 0. The van der Waals surface area contributed by atoms with Gasteiger partial charge in [-0.3, -0.25) is 4.79 Å². The lowest BCUT2D eigenvalue weighted by atomic mass is 9.85. The number of hydrogen-bond acceptors (Lipinski definition) is 5. The Hall–Kier alpha value is -3.40. The SMILES string of the molecule is C#Cc1cnc(NCCC2=CCc3ccc(F)cc32)nc1NC1CCC(C(N)=O)CC1. The summed E-state index contributed by atoms with van der Waals surface area (Å²) in [5.74, 6) is 3.25. The van der Waals surface area contributed by atoms with E-state index in [9.17, 15) is 9.18 Å². The fourth-order valence-electron chi connectivity index (χ4n) is 4.31. The van der Waals surface area contributed by atoms with Crippen LogP contribution in [0.3, 0.4) is 0 Å². The molecule has 1 heterocycles. The van der Waals surface area contributed by atoms with Crippen molar-refractivity contribution in [2.45, 2.75) is 44.6 Å². The van der Waals surface area contributed by atoms with Crippen molar-refractivity contribution < 1.29 is 9.18 Å². The number of rotatable bonds is 7. The van der Waals surface area contributed by atoms with Crippen LogP contribution in [0.2, 0.25) is 0 Å². The molecular weight excluding hydrogens is 393 g/mol. The summed E-state index contributed by atoms with van der Waals surface area (Å²) in [7, 11) is 0. The Balaban J connectivity index is 1.36. The molecule has 0 spiro atoms. The molecule has 2 aromatic rings. The molecule has 0 aliphatic heterocycles. The predicted octanol–water partition coefficient (Wildman–Crippen LogP) is 3.49. The van der Waals surface area contributed by atoms with Gasteiger partial charge in [-0.25, -0.2) is 9.37 Å². The summed E-state index contributed by atoms with van der Waals surface area (Å²) in [6.07, 6.45) is 14.2. The second kappa shape index (κ2) is 9.17. The van der Waals surface area contributed by atoms with Crippen molar-refractivity contribution in [3.8, 4) is 12.3 Å². The first-order valence-corrected chi connectivity index (χ1v) is 10.6. The molecule has 0 bridgehead atoms. The number of terminal acetylenes is 1. The van der Waals surface area contributed by atoms with Crippen LogP contribution in [-0.2, 0) is 11.2 Å². The van der Waals surface area contributed by atoms with E-state index in [0.717, 1.165) is 55.2 Å². The maximum absolute atomic E-state index is 13.6. The Morgan fingerprint density at radius 3 is 2.84 bits per heavy atom. The molecule has 1 aromatic heterocycles. The monoisotopic (exact) mass is 419 g/mol. The fourth-order valence-corrected chi connectivity index (χ4v) is 4.31. The number of anilines is 2. The zero-order chi connectivity index (χ0) is 21.8. The van der Waals surface area contributed by atoms with Crippen molar-refractivity contribution in [2.24, 2.45) is 11.7 Å². The fraction of sp³-hybridized carbons (Fsp3) is 0.375. The van der Waals surface area contributed by atoms with Gasteiger partial charge in [0.1, 0.15) is 11.6 Å². The molecule has 160 valence electrons. The molecule has 6 nitrogen and oxygen atoms in total. The molecule has 4 rings (SSSR count). The molecule has 4 N–H and O–H groups in total. The van der Waals surface area contributed by atoms with E-state index >= 15 is 0 Å². The third-order valence-electron chi connectivity index (χ3n) is 6.08. The number of allylic oxidation sites excluding steroid dienone is 1. The van der Waals surface area contributed by atoms with Crippen LogP contribution in [0.25, 0.3) is 5.57 Å². The Labute approximate surface area is 181 Å². The maximum Gasteiger partial charge on any atom is 0.224 e. The molecule has 0 saturated heterocycles. The van der Waals surface area contributed by atoms with Gasteiger partial charge in [-0.15, -0.1) is 6.42 Å². The molecule has 1 saturated carbocycles. The van der Waals surface area contributed by atoms with Crippen molar-refractivity contribution >= 4 is 23.2 Å². The number of aromatic nitrogens is 2. The highest BCUT2D eigenvalue weighted by molar-refractivity contribution is 5.76. The number of fused-ring (bicyclic) bond motifs is 1. The average Bonchev–Trinajstić information content (AvgIpc) is 3.16. The summed E-state index contributed by atoms with van der Waals surface area (Å²) in [5, 5.41) is 6.65. The molecule has 2 aliphatic carbocycles. The molecule has 0 unspecified atom stereocenters. The van der Waals surface area contributed by atoms with Crippen LogP contribution in [0.4, 0.5) is 16.2 Å². The first kappa shape index (κ1) is 20.9. The van der Waals surface area contributed by atoms with Gasteiger partial charge < -0.3 is 16.4 Å². The first-order valence-electron chi connectivity index (χ1n) is 10.6. The van der Waals surface area contributed by atoms with E-state index < -0.39 is 0 Å². The van der Waals surface area contributed by atoms with Crippen molar-refractivity contribution in [3.05, 3.63) is 53.0 Å². The molecule has 0 atom stereocenters. The molecule has 1 fully saturated rings. The number of carbonyl (C=O) groups excluding carboxylic acids is 1. The summed E-state index contributed by atoms with van der Waals surface area (Å²) in [4.78, 5) is 20.3. The van der Waals surface area contributed by atoms with E-state index in [0.29, 0.717) is 23.9 Å². The lowest BCUT2D eigenvalue weighted by molar-refractivity contribution is -0.122. The van der Waals surface area contributed by atoms with Crippen LogP contribution >= 0.6 is 0 Å². The highest BCUT2D eigenvalue weighted by Crippen LogP contribution is 2.30. The van der Waals surface area contributed by atoms with Crippen LogP contribution in [0.15, 0.2) is 30.5 Å². The van der Waals surface area contributed by atoms with Gasteiger partial charge in [-0.1, -0.05) is 18.1 Å². The number of carbonyl (C=O) groups is 1. The Bertz CT molecular complexity index is 1050. The molecule has 0 radical (unpaired) electrons. The largest absolute Gasteiger partial charge is 0.369 e. The number of primary amides is 1. The highest BCUT2D eigenvalue weighted by Gasteiger charge is 2.25. The van der Waals surface area contributed by atoms with Crippen LogP contribution in [-0.4, -0.2) is 28.5 Å². The highest BCUT2D eigenvalue weighted by atomic mass is 19.1. The standard InChI is InChI=1S/C24H26FN5O/c1-2-15-14-28-24(30-23(15)29-20-9-6-18(7-10-20)22(26)31)27-12-11-17-4-3-16-5-8-19(25)13-21(16)17/h1,4-5,8,13-14,18,20H,3,6-7,9-12H2,(H2,26,31)(H2,27,28,29,30). The summed E-state index contributed by atoms with van der Waals surface area (Å²) in [5.41, 5.74) is 9.29. The van der Waals surface area contributed by atoms with Gasteiger partial charge in [0.2, 0.25) is 11.9 Å². The molecule has 1 amide bonds. The maximum atomic E-state index is 13.6. The average molecular weight is 420 g/mol. The first-order chi connectivity index (χ1) is 15.0. The normalized spacial score (nSPS) is 19.8. The van der Waals surface area contributed by atoms with Gasteiger partial charge in [0, 0.05) is 18.5 Å². The van der Waals surface area contributed by atoms with Crippen LogP contribution < -0.4 is 16.4 Å². The number of nitrogens with zero attached hydrogens (tertiary/aromatic N) is 2. The number of hydrogen-bond donors (Lipinski definition) is 3. The third-order valence-corrected chi connectivity index (χ3v) is 6.08. The third kappa shape index (κ3) is 4.85. The molecular formula is C24H26FN5O. The second-order valence-electron chi connectivity index (χ2n) is 8.11. The predicted molar refractivity (Wildman–Crippen MR) is 120 cm³/mol. The van der Waals surface area contributed by atoms with Gasteiger partial charge in [0.05, 0.1) is 11.8 Å². The van der Waals surface area contributed by atoms with E-state index in [4.69, 9.17) is 12.2 Å². The number of amides is 1. The Kier molecular flexibility index (Phi) is 6.17. The van der Waals surface area contributed by atoms with Crippen molar-refractivity contribution in [2.75, 3.05) is 17.2 Å². The summed E-state index contributed by atoms with van der Waals surface area (Å²) < 4.78 is 13.6. The number of halogens is 1. The quantitative estimate of drug-likeness (QED) is 0.598. The zero-order valence-corrected chi connectivity index (χ0v) is 17.3. The van der Waals surface area contributed by atoms with Gasteiger partial charge in [-0.05, 0) is 67.4 Å². The zero-order valence-electron chi connectivity index (χ0n) is 17.3. The van der Waals surface area contributed by atoms with Crippen molar-refractivity contribution in [1.29, 1.82) is 0 Å². The van der Waals surface area contributed by atoms with E-state index in [1.54, 1.807) is 12.3 Å². The van der Waals surface area contributed by atoms with E-state index in [1.165, 1.54) is 6.07 Å². The second-order valence-corrected chi connectivity index (χ2v) is 8.11. The lowest BCUT2D eigenvalue weighted by Crippen LogP contribution is -2.32. The minimum Gasteiger partial charge on any atom is -0.369 e. The van der Waals surface area contributed by atoms with Gasteiger partial charge in [0.15, 0.2) is 0 Å². The summed E-state index contributed by atoms with van der Waals surface area (Å²) in [6.45, 7) is 0.625. The molecule has 2 aliphatic rings. The number of nitrogens with one attached hydrogen (secondary N) is 2. The van der Waals surface area contributed by atoms with Gasteiger partial charge in [0.25, 0.3) is 0 Å². The Morgan fingerprint density at radius 2 is 2.10 bits per heavy atom. The minimum absolute atomic E-state index is 0.0451. The molecule has 31 heavy (non-hydrogen) atoms. The van der Waals surface area contributed by atoms with E-state index in [-0.39, 0.29) is 23.7 Å². The van der Waals surface area contributed by atoms with Crippen LogP contribution in [0, 0.1) is 24.1 Å². The number of benzene rings is 1.